The molecule has 5 rings (SSSR count). The molecule has 1 atom stereocenters. The fraction of sp³-hybridized carbons (Fsp3) is 0.265. The van der Waals surface area contributed by atoms with Gasteiger partial charge in [-0.3, -0.25) is 0 Å². The SMILES string of the molecule is COc1ccc(C(C)C)c(N2/C(=N/C(=O)N/C=C(\C#N)c3ccc(-c4ncn(-c5ccc(OC(F)(F)F)cc5)n4)cc3)SCCC2C)c1. The molecule has 0 aliphatic carbocycles. The van der Waals surface area contributed by atoms with E-state index in [2.05, 4.69) is 56.9 Å². The number of carbonyl (C=O) groups is 1. The Bertz CT molecular complexity index is 1860. The summed E-state index contributed by atoms with van der Waals surface area (Å²) >= 11 is 1.50. The van der Waals surface area contributed by atoms with Crippen molar-refractivity contribution in [2.45, 2.75) is 45.5 Å². The number of thioether (sulfide) groups is 1. The van der Waals surface area contributed by atoms with Crippen molar-refractivity contribution in [3.05, 3.63) is 90.4 Å². The fourth-order valence-electron chi connectivity index (χ4n) is 5.03. The Hall–Kier alpha value is -5.29. The van der Waals surface area contributed by atoms with Crippen LogP contribution in [0.3, 0.4) is 0 Å². The number of nitrogens with one attached hydrogen (secondary N) is 1. The number of alkyl halides is 3. The van der Waals surface area contributed by atoms with Crippen LogP contribution in [0.2, 0.25) is 0 Å². The van der Waals surface area contributed by atoms with Gasteiger partial charge < -0.3 is 19.7 Å². The minimum absolute atomic E-state index is 0.102. The average Bonchev–Trinajstić information content (AvgIpc) is 3.55. The first-order valence-corrected chi connectivity index (χ1v) is 15.9. The Labute approximate surface area is 279 Å². The number of rotatable bonds is 8. The number of aliphatic imine (C=N–C) groups is 1. The molecule has 1 aliphatic rings. The average molecular weight is 676 g/mol. The van der Waals surface area contributed by atoms with E-state index in [4.69, 9.17) is 4.74 Å². The Morgan fingerprint density at radius 3 is 2.48 bits per heavy atom. The molecule has 1 saturated heterocycles. The van der Waals surface area contributed by atoms with E-state index in [0.717, 1.165) is 23.4 Å². The van der Waals surface area contributed by atoms with Gasteiger partial charge in [0.25, 0.3) is 0 Å². The number of anilines is 1. The number of nitriles is 1. The molecule has 248 valence electrons. The van der Waals surface area contributed by atoms with Crippen molar-refractivity contribution in [1.82, 2.24) is 20.1 Å². The van der Waals surface area contributed by atoms with E-state index >= 15 is 0 Å². The Kier molecular flexibility index (Phi) is 10.4. The zero-order valence-corrected chi connectivity index (χ0v) is 27.3. The number of nitrogens with zero attached hydrogens (tertiary/aromatic N) is 6. The smallest absolute Gasteiger partial charge is 0.497 e. The minimum atomic E-state index is -4.78. The van der Waals surface area contributed by atoms with Crippen molar-refractivity contribution in [3.63, 3.8) is 0 Å². The van der Waals surface area contributed by atoms with Crippen LogP contribution >= 0.6 is 11.8 Å². The van der Waals surface area contributed by atoms with Crippen LogP contribution in [-0.4, -0.2) is 51.2 Å². The maximum atomic E-state index is 13.0. The van der Waals surface area contributed by atoms with Gasteiger partial charge in [0, 0.05) is 29.6 Å². The predicted octanol–water partition coefficient (Wildman–Crippen LogP) is 7.93. The molecule has 2 heterocycles. The van der Waals surface area contributed by atoms with Gasteiger partial charge in [-0.2, -0.15) is 10.3 Å². The molecule has 48 heavy (non-hydrogen) atoms. The first kappa shape index (κ1) is 34.1. The molecule has 0 bridgehead atoms. The van der Waals surface area contributed by atoms with Gasteiger partial charge in [-0.1, -0.05) is 55.9 Å². The van der Waals surface area contributed by atoms with Crippen molar-refractivity contribution < 1.29 is 27.4 Å². The van der Waals surface area contributed by atoms with Crippen LogP contribution in [0, 0.1) is 11.3 Å². The summed E-state index contributed by atoms with van der Waals surface area (Å²) < 4.78 is 48.2. The number of hydrogen-bond donors (Lipinski definition) is 1. The lowest BCUT2D eigenvalue weighted by molar-refractivity contribution is -0.274. The molecular weight excluding hydrogens is 643 g/mol. The van der Waals surface area contributed by atoms with E-state index in [9.17, 15) is 23.2 Å². The van der Waals surface area contributed by atoms with Gasteiger partial charge in [-0.15, -0.1) is 18.3 Å². The molecule has 1 N–H and O–H groups in total. The number of methoxy groups -OCH3 is 1. The lowest BCUT2D eigenvalue weighted by atomic mass is 9.99. The van der Waals surface area contributed by atoms with Gasteiger partial charge in [-0.05, 0) is 60.7 Å². The second-order valence-electron chi connectivity index (χ2n) is 11.1. The first-order chi connectivity index (χ1) is 23.0. The van der Waals surface area contributed by atoms with Gasteiger partial charge in [0.1, 0.15) is 23.9 Å². The number of hydrogen-bond acceptors (Lipinski definition) is 7. The third-order valence-corrected chi connectivity index (χ3v) is 8.46. The Morgan fingerprint density at radius 2 is 1.83 bits per heavy atom. The van der Waals surface area contributed by atoms with Crippen LogP contribution in [-0.2, 0) is 0 Å². The van der Waals surface area contributed by atoms with E-state index < -0.39 is 12.4 Å². The summed E-state index contributed by atoms with van der Waals surface area (Å²) in [6.45, 7) is 6.33. The highest BCUT2D eigenvalue weighted by Gasteiger charge is 2.31. The van der Waals surface area contributed by atoms with E-state index in [0.29, 0.717) is 33.6 Å². The molecule has 14 heteroatoms. The zero-order valence-electron chi connectivity index (χ0n) is 26.5. The number of ether oxygens (including phenoxy) is 2. The Morgan fingerprint density at radius 1 is 1.12 bits per heavy atom. The highest BCUT2D eigenvalue weighted by atomic mass is 32.2. The monoisotopic (exact) mass is 675 g/mol. The Balaban J connectivity index is 1.29. The topological polar surface area (TPSA) is 118 Å². The fourth-order valence-corrected chi connectivity index (χ4v) is 6.24. The van der Waals surface area contributed by atoms with Gasteiger partial charge in [0.2, 0.25) is 0 Å². The van der Waals surface area contributed by atoms with E-state index in [1.165, 1.54) is 53.2 Å². The van der Waals surface area contributed by atoms with Gasteiger partial charge in [0.15, 0.2) is 11.0 Å². The molecule has 0 spiro atoms. The lowest BCUT2D eigenvalue weighted by Crippen LogP contribution is -2.42. The van der Waals surface area contributed by atoms with Crippen molar-refractivity contribution in [1.29, 1.82) is 5.26 Å². The molecule has 1 aliphatic heterocycles. The third-order valence-electron chi connectivity index (χ3n) is 7.47. The predicted molar refractivity (Wildman–Crippen MR) is 179 cm³/mol. The molecular formula is C34H32F3N7O3S. The summed E-state index contributed by atoms with van der Waals surface area (Å²) in [5.41, 5.74) is 3.95. The largest absolute Gasteiger partial charge is 0.573 e. The van der Waals surface area contributed by atoms with Crippen LogP contribution < -0.4 is 19.7 Å². The van der Waals surface area contributed by atoms with Crippen LogP contribution in [0.25, 0.3) is 22.6 Å². The second-order valence-corrected chi connectivity index (χ2v) is 12.1. The van der Waals surface area contributed by atoms with Gasteiger partial charge >= 0.3 is 12.4 Å². The van der Waals surface area contributed by atoms with E-state index in [-0.39, 0.29) is 23.3 Å². The van der Waals surface area contributed by atoms with Crippen molar-refractivity contribution >= 4 is 34.2 Å². The number of carbonyl (C=O) groups excluding carboxylic acids is 1. The standard InChI is InChI=1S/C34H32F3N7O3S/c1-21(2)29-14-13-28(46-4)17-30(29)44-22(3)15-16-48-33(44)41-32(45)39-19-25(18-38)23-5-7-24(8-6-23)31-40-20-43(42-31)26-9-11-27(12-10-26)47-34(35,36)37/h5-14,17,19-22H,15-16H2,1-4H3,(H,39,45)/b25-19+,41-33-. The summed E-state index contributed by atoms with van der Waals surface area (Å²) in [6, 6.07) is 19.6. The van der Waals surface area contributed by atoms with Crippen molar-refractivity contribution in [2.24, 2.45) is 4.99 Å². The van der Waals surface area contributed by atoms with Crippen LogP contribution in [0.5, 0.6) is 11.5 Å². The number of amidine groups is 1. The van der Waals surface area contributed by atoms with Crippen LogP contribution in [0.15, 0.2) is 84.2 Å². The molecule has 10 nitrogen and oxygen atoms in total. The zero-order chi connectivity index (χ0) is 34.4. The molecule has 0 saturated carbocycles. The van der Waals surface area contributed by atoms with Crippen LogP contribution in [0.4, 0.5) is 23.7 Å². The number of halogens is 3. The second kappa shape index (κ2) is 14.6. The minimum Gasteiger partial charge on any atom is -0.497 e. The molecule has 3 aromatic carbocycles. The molecule has 0 radical (unpaired) electrons. The molecule has 4 aromatic rings. The van der Waals surface area contributed by atoms with Crippen LogP contribution in [0.1, 0.15) is 44.2 Å². The summed E-state index contributed by atoms with van der Waals surface area (Å²) in [7, 11) is 1.62. The summed E-state index contributed by atoms with van der Waals surface area (Å²) in [6.07, 6.45) is -1.10. The van der Waals surface area contributed by atoms with Gasteiger partial charge in [-0.25, -0.2) is 14.5 Å². The number of amides is 2. The maximum Gasteiger partial charge on any atom is 0.573 e. The summed E-state index contributed by atoms with van der Waals surface area (Å²) in [5, 5.41) is 17.4. The normalized spacial score (nSPS) is 16.1. The number of aromatic nitrogens is 3. The molecule has 1 unspecified atom stereocenters. The molecule has 2 amide bonds. The number of allylic oxidation sites excluding steroid dienone is 1. The van der Waals surface area contributed by atoms with Gasteiger partial charge in [0.05, 0.1) is 24.1 Å². The first-order valence-electron chi connectivity index (χ1n) is 14.9. The number of urea groups is 1. The molecule has 1 aromatic heterocycles. The van der Waals surface area contributed by atoms with Crippen molar-refractivity contribution in [3.8, 4) is 34.6 Å². The molecule has 1 fully saturated rings. The third kappa shape index (κ3) is 8.16. The maximum absolute atomic E-state index is 13.0. The van der Waals surface area contributed by atoms with E-state index in [1.54, 1.807) is 31.4 Å². The van der Waals surface area contributed by atoms with E-state index in [1.807, 2.05) is 18.2 Å². The number of benzene rings is 3. The highest BCUT2D eigenvalue weighted by Crippen LogP contribution is 2.37. The highest BCUT2D eigenvalue weighted by molar-refractivity contribution is 8.14. The summed E-state index contributed by atoms with van der Waals surface area (Å²) in [5.74, 6) is 1.79. The quantitative estimate of drug-likeness (QED) is 0.187. The lowest BCUT2D eigenvalue weighted by Gasteiger charge is -2.37. The van der Waals surface area contributed by atoms with Crippen molar-refractivity contribution in [2.75, 3.05) is 17.8 Å². The summed E-state index contributed by atoms with van der Waals surface area (Å²) in [4.78, 5) is 23.8.